The van der Waals surface area contributed by atoms with E-state index in [0.29, 0.717) is 11.1 Å². The summed E-state index contributed by atoms with van der Waals surface area (Å²) in [6, 6.07) is 15.7. The summed E-state index contributed by atoms with van der Waals surface area (Å²) in [5.74, 6) is 7.29. The van der Waals surface area contributed by atoms with Crippen LogP contribution in [0.4, 0.5) is 5.69 Å². The Hall–Kier alpha value is -2.80. The third kappa shape index (κ3) is 3.89. The van der Waals surface area contributed by atoms with Crippen LogP contribution in [0, 0.1) is 13.8 Å². The van der Waals surface area contributed by atoms with Gasteiger partial charge in [-0.05, 0) is 49.4 Å². The molecule has 0 aliphatic heterocycles. The minimum atomic E-state index is -0.486. The summed E-state index contributed by atoms with van der Waals surface area (Å²) >= 11 is 1.32. The number of anilines is 1. The highest BCUT2D eigenvalue weighted by atomic mass is 32.2. The van der Waals surface area contributed by atoms with E-state index in [1.165, 1.54) is 16.4 Å². The lowest BCUT2D eigenvalue weighted by molar-refractivity contribution is -0.115. The van der Waals surface area contributed by atoms with E-state index < -0.39 is 5.25 Å². The van der Waals surface area contributed by atoms with Gasteiger partial charge in [0.1, 0.15) is 5.25 Å². The molecule has 2 aromatic carbocycles. The zero-order chi connectivity index (χ0) is 19.7. The second kappa shape index (κ2) is 7.67. The lowest BCUT2D eigenvalue weighted by atomic mass is 10.1. The SMILES string of the molecule is Cc1ccc(C)c(NC(=O)[C@@H](Sc2nnc(C3CC3)n2N)c2ccccc2)c1. The van der Waals surface area contributed by atoms with Gasteiger partial charge in [0.05, 0.1) is 0 Å². The van der Waals surface area contributed by atoms with E-state index in [9.17, 15) is 4.79 Å². The van der Waals surface area contributed by atoms with E-state index in [1.54, 1.807) is 0 Å². The Morgan fingerprint density at radius 2 is 1.93 bits per heavy atom. The third-order valence-electron chi connectivity index (χ3n) is 4.85. The molecule has 0 unspecified atom stereocenters. The van der Waals surface area contributed by atoms with Gasteiger partial charge in [0.2, 0.25) is 11.1 Å². The first kappa shape index (κ1) is 18.6. The number of nitrogen functional groups attached to an aromatic ring is 1. The lowest BCUT2D eigenvalue weighted by Gasteiger charge is -2.17. The number of hydrogen-bond donors (Lipinski definition) is 2. The minimum Gasteiger partial charge on any atom is -0.336 e. The number of aromatic nitrogens is 3. The number of benzene rings is 2. The highest BCUT2D eigenvalue weighted by molar-refractivity contribution is 8.00. The number of nitrogens with zero attached hydrogens (tertiary/aromatic N) is 3. The minimum absolute atomic E-state index is 0.110. The second-order valence-electron chi connectivity index (χ2n) is 7.20. The molecule has 3 aromatic rings. The molecule has 4 rings (SSSR count). The topological polar surface area (TPSA) is 85.8 Å². The number of hydrogen-bond acceptors (Lipinski definition) is 5. The van der Waals surface area contributed by atoms with E-state index in [0.717, 1.165) is 41.0 Å². The Kier molecular flexibility index (Phi) is 5.09. The smallest absolute Gasteiger partial charge is 0.242 e. The number of nitrogens with one attached hydrogen (secondary N) is 1. The molecule has 0 bridgehead atoms. The first-order valence-electron chi connectivity index (χ1n) is 9.33. The van der Waals surface area contributed by atoms with Crippen LogP contribution in [-0.2, 0) is 4.79 Å². The average Bonchev–Trinajstić information content (AvgIpc) is 3.47. The van der Waals surface area contributed by atoms with Crippen LogP contribution in [0.2, 0.25) is 0 Å². The first-order valence-corrected chi connectivity index (χ1v) is 10.2. The average molecular weight is 394 g/mol. The Morgan fingerprint density at radius 3 is 2.64 bits per heavy atom. The Bertz CT molecular complexity index is 997. The number of thioether (sulfide) groups is 1. The summed E-state index contributed by atoms with van der Waals surface area (Å²) in [6.07, 6.45) is 2.18. The van der Waals surface area contributed by atoms with Gasteiger partial charge in [-0.3, -0.25) is 4.79 Å². The van der Waals surface area contributed by atoms with Crippen LogP contribution in [0.5, 0.6) is 0 Å². The standard InChI is InChI=1S/C21H23N5OS/c1-13-8-9-14(2)17(12-13)23-20(27)18(15-6-4-3-5-7-15)28-21-25-24-19(26(21)22)16-10-11-16/h3-9,12,16,18H,10-11,22H2,1-2H3,(H,23,27)/t18-/m0/s1. The van der Waals surface area contributed by atoms with Gasteiger partial charge in [-0.1, -0.05) is 54.2 Å². The first-order chi connectivity index (χ1) is 13.5. The Labute approximate surface area is 168 Å². The van der Waals surface area contributed by atoms with Gasteiger partial charge in [-0.15, -0.1) is 10.2 Å². The van der Waals surface area contributed by atoms with Crippen molar-refractivity contribution in [2.24, 2.45) is 0 Å². The van der Waals surface area contributed by atoms with E-state index in [4.69, 9.17) is 5.84 Å². The van der Waals surface area contributed by atoms with E-state index in [2.05, 4.69) is 15.5 Å². The zero-order valence-electron chi connectivity index (χ0n) is 15.9. The number of carbonyl (C=O) groups is 1. The van der Waals surface area contributed by atoms with E-state index >= 15 is 0 Å². The van der Waals surface area contributed by atoms with E-state index in [1.807, 2.05) is 62.4 Å². The van der Waals surface area contributed by atoms with Gasteiger partial charge in [0.25, 0.3) is 0 Å². The summed E-state index contributed by atoms with van der Waals surface area (Å²) < 4.78 is 1.53. The lowest BCUT2D eigenvalue weighted by Crippen LogP contribution is -2.21. The van der Waals surface area contributed by atoms with Crippen molar-refractivity contribution in [2.75, 3.05) is 11.2 Å². The number of nitrogens with two attached hydrogens (primary N) is 1. The van der Waals surface area contributed by atoms with Crippen molar-refractivity contribution < 1.29 is 4.79 Å². The molecule has 144 valence electrons. The van der Waals surface area contributed by atoms with Gasteiger partial charge >= 0.3 is 0 Å². The third-order valence-corrected chi connectivity index (χ3v) is 6.06. The molecule has 1 heterocycles. The summed E-state index contributed by atoms with van der Waals surface area (Å²) in [6.45, 7) is 3.99. The van der Waals surface area contributed by atoms with Crippen molar-refractivity contribution in [1.29, 1.82) is 0 Å². The van der Waals surface area contributed by atoms with Crippen LogP contribution in [0.3, 0.4) is 0 Å². The molecule has 1 aliphatic rings. The number of rotatable bonds is 6. The van der Waals surface area contributed by atoms with Crippen LogP contribution in [0.1, 0.15) is 46.5 Å². The number of carbonyl (C=O) groups excluding carboxylic acids is 1. The summed E-state index contributed by atoms with van der Waals surface area (Å²) in [5, 5.41) is 11.6. The monoisotopic (exact) mass is 393 g/mol. The Morgan fingerprint density at radius 1 is 1.18 bits per heavy atom. The normalized spacial score (nSPS) is 14.6. The molecule has 3 N–H and O–H groups in total. The van der Waals surface area contributed by atoms with Crippen molar-refractivity contribution in [1.82, 2.24) is 14.9 Å². The summed E-state index contributed by atoms with van der Waals surface area (Å²) in [7, 11) is 0. The highest BCUT2D eigenvalue weighted by Gasteiger charge is 2.32. The zero-order valence-corrected chi connectivity index (χ0v) is 16.7. The maximum Gasteiger partial charge on any atom is 0.242 e. The predicted molar refractivity (Wildman–Crippen MR) is 112 cm³/mol. The summed E-state index contributed by atoms with van der Waals surface area (Å²) in [5.41, 5.74) is 3.83. The number of amides is 1. The van der Waals surface area contributed by atoms with Gasteiger partial charge in [-0.2, -0.15) is 0 Å². The molecule has 0 spiro atoms. The summed E-state index contributed by atoms with van der Waals surface area (Å²) in [4.78, 5) is 13.2. The van der Waals surface area contributed by atoms with Gasteiger partial charge in [0.15, 0.2) is 5.82 Å². The van der Waals surface area contributed by atoms with Crippen LogP contribution in [-0.4, -0.2) is 20.8 Å². The Balaban J connectivity index is 1.62. The molecule has 1 atom stereocenters. The maximum atomic E-state index is 13.2. The molecule has 1 saturated carbocycles. The van der Waals surface area contributed by atoms with Crippen molar-refractivity contribution in [3.63, 3.8) is 0 Å². The van der Waals surface area contributed by atoms with Gasteiger partial charge in [0, 0.05) is 11.6 Å². The van der Waals surface area contributed by atoms with Gasteiger partial charge < -0.3 is 11.2 Å². The second-order valence-corrected chi connectivity index (χ2v) is 8.27. The molecule has 7 heteroatoms. The van der Waals surface area contributed by atoms with Crippen molar-refractivity contribution in [3.05, 3.63) is 71.0 Å². The van der Waals surface area contributed by atoms with Crippen LogP contribution in [0.25, 0.3) is 0 Å². The molecule has 6 nitrogen and oxygen atoms in total. The van der Waals surface area contributed by atoms with Crippen molar-refractivity contribution in [2.45, 2.75) is 43.0 Å². The van der Waals surface area contributed by atoms with Gasteiger partial charge in [-0.25, -0.2) is 4.68 Å². The molecule has 1 aromatic heterocycles. The quantitative estimate of drug-likeness (QED) is 0.489. The maximum absolute atomic E-state index is 13.2. The fourth-order valence-electron chi connectivity index (χ4n) is 3.06. The fourth-order valence-corrected chi connectivity index (χ4v) is 4.03. The van der Waals surface area contributed by atoms with Crippen LogP contribution >= 0.6 is 11.8 Å². The molecule has 28 heavy (non-hydrogen) atoms. The highest BCUT2D eigenvalue weighted by Crippen LogP contribution is 2.41. The molecule has 0 saturated heterocycles. The molecule has 1 aliphatic carbocycles. The fraction of sp³-hybridized carbons (Fsp3) is 0.286. The van der Waals surface area contributed by atoms with Crippen LogP contribution < -0.4 is 11.2 Å². The van der Waals surface area contributed by atoms with E-state index in [-0.39, 0.29) is 5.91 Å². The predicted octanol–water partition coefficient (Wildman–Crippen LogP) is 3.96. The number of aryl methyl sites for hydroxylation is 2. The molecule has 1 fully saturated rings. The molecule has 0 radical (unpaired) electrons. The van der Waals surface area contributed by atoms with Crippen molar-refractivity contribution in [3.8, 4) is 0 Å². The van der Waals surface area contributed by atoms with Crippen LogP contribution in [0.15, 0.2) is 53.7 Å². The molecular weight excluding hydrogens is 370 g/mol. The van der Waals surface area contributed by atoms with Crippen molar-refractivity contribution >= 4 is 23.4 Å². The molecule has 1 amide bonds. The molecular formula is C21H23N5OS. The largest absolute Gasteiger partial charge is 0.336 e.